The van der Waals surface area contributed by atoms with Crippen LogP contribution in [0.25, 0.3) is 0 Å². The molecule has 106 valence electrons. The van der Waals surface area contributed by atoms with Crippen LogP contribution in [0.4, 0.5) is 14.5 Å². The van der Waals surface area contributed by atoms with E-state index in [9.17, 15) is 8.78 Å². The van der Waals surface area contributed by atoms with E-state index in [0.29, 0.717) is 5.69 Å². The van der Waals surface area contributed by atoms with Gasteiger partial charge in [-0.25, -0.2) is 8.78 Å². The van der Waals surface area contributed by atoms with Gasteiger partial charge in [-0.1, -0.05) is 0 Å². The molecule has 0 saturated heterocycles. The van der Waals surface area contributed by atoms with Crippen LogP contribution in [0.3, 0.4) is 0 Å². The van der Waals surface area contributed by atoms with E-state index in [-0.39, 0.29) is 6.04 Å². The minimum absolute atomic E-state index is 0.0619. The highest BCUT2D eigenvalue weighted by atomic mass is 32.1. The SMILES string of the molecule is CC(Nc1cc(F)cc(F)c1)c1cc2c(s1)CCCC2. The van der Waals surface area contributed by atoms with Gasteiger partial charge in [-0.15, -0.1) is 11.3 Å². The number of hydrogen-bond donors (Lipinski definition) is 1. The lowest BCUT2D eigenvalue weighted by Crippen LogP contribution is -2.05. The molecule has 1 N–H and O–H groups in total. The highest BCUT2D eigenvalue weighted by molar-refractivity contribution is 7.12. The summed E-state index contributed by atoms with van der Waals surface area (Å²) in [6.07, 6.45) is 4.86. The van der Waals surface area contributed by atoms with E-state index in [1.807, 2.05) is 18.3 Å². The lowest BCUT2D eigenvalue weighted by molar-refractivity contribution is 0.583. The monoisotopic (exact) mass is 293 g/mol. The van der Waals surface area contributed by atoms with Gasteiger partial charge in [0, 0.05) is 21.5 Å². The quantitative estimate of drug-likeness (QED) is 0.832. The first-order chi connectivity index (χ1) is 9.61. The molecule has 1 aromatic carbocycles. The maximum absolute atomic E-state index is 13.2. The molecule has 1 aliphatic rings. The summed E-state index contributed by atoms with van der Waals surface area (Å²) in [6.45, 7) is 2.03. The van der Waals surface area contributed by atoms with E-state index in [0.717, 1.165) is 12.5 Å². The van der Waals surface area contributed by atoms with Crippen molar-refractivity contribution < 1.29 is 8.78 Å². The number of fused-ring (bicyclic) bond motifs is 1. The molecule has 0 amide bonds. The molecule has 0 spiro atoms. The Morgan fingerprint density at radius 2 is 1.75 bits per heavy atom. The Bertz CT molecular complexity index is 577. The van der Waals surface area contributed by atoms with Gasteiger partial charge in [-0.05, 0) is 56.4 Å². The molecule has 0 fully saturated rings. The van der Waals surface area contributed by atoms with Gasteiger partial charge in [0.25, 0.3) is 0 Å². The van der Waals surface area contributed by atoms with Crippen molar-refractivity contribution in [1.29, 1.82) is 0 Å². The summed E-state index contributed by atoms with van der Waals surface area (Å²) in [5, 5.41) is 3.18. The molecular formula is C16H17F2NS. The predicted octanol–water partition coefficient (Wildman–Crippen LogP) is 5.08. The van der Waals surface area contributed by atoms with E-state index in [2.05, 4.69) is 11.4 Å². The van der Waals surface area contributed by atoms with Crippen molar-refractivity contribution in [1.82, 2.24) is 0 Å². The number of thiophene rings is 1. The zero-order valence-corrected chi connectivity index (χ0v) is 12.2. The Kier molecular flexibility index (Phi) is 3.74. The molecule has 0 radical (unpaired) electrons. The Morgan fingerprint density at radius 3 is 2.45 bits per heavy atom. The number of benzene rings is 1. The van der Waals surface area contributed by atoms with Crippen LogP contribution in [0.2, 0.25) is 0 Å². The Balaban J connectivity index is 1.78. The maximum Gasteiger partial charge on any atom is 0.128 e. The molecule has 20 heavy (non-hydrogen) atoms. The van der Waals surface area contributed by atoms with Crippen LogP contribution in [0.5, 0.6) is 0 Å². The van der Waals surface area contributed by atoms with Gasteiger partial charge in [0.1, 0.15) is 11.6 Å². The number of aryl methyl sites for hydroxylation is 2. The van der Waals surface area contributed by atoms with Crippen molar-refractivity contribution in [2.24, 2.45) is 0 Å². The summed E-state index contributed by atoms with van der Waals surface area (Å²) in [5.41, 5.74) is 1.94. The largest absolute Gasteiger partial charge is 0.378 e. The van der Waals surface area contributed by atoms with E-state index in [4.69, 9.17) is 0 Å². The molecule has 2 aromatic rings. The highest BCUT2D eigenvalue weighted by Crippen LogP contribution is 2.34. The van der Waals surface area contributed by atoms with Gasteiger partial charge in [0.2, 0.25) is 0 Å². The number of rotatable bonds is 3. The zero-order valence-electron chi connectivity index (χ0n) is 11.4. The van der Waals surface area contributed by atoms with Crippen molar-refractivity contribution in [3.63, 3.8) is 0 Å². The molecule has 1 heterocycles. The van der Waals surface area contributed by atoms with Crippen molar-refractivity contribution in [2.75, 3.05) is 5.32 Å². The fourth-order valence-corrected chi connectivity index (χ4v) is 3.95. The Morgan fingerprint density at radius 1 is 1.05 bits per heavy atom. The summed E-state index contributed by atoms with van der Waals surface area (Å²) in [7, 11) is 0. The van der Waals surface area contributed by atoms with Gasteiger partial charge >= 0.3 is 0 Å². The second-order valence-electron chi connectivity index (χ2n) is 5.33. The van der Waals surface area contributed by atoms with Crippen molar-refractivity contribution in [3.05, 3.63) is 51.2 Å². The molecule has 1 atom stereocenters. The summed E-state index contributed by atoms with van der Waals surface area (Å²) in [5.74, 6) is -1.10. The molecule has 0 aliphatic heterocycles. The first-order valence-corrected chi connectivity index (χ1v) is 7.77. The topological polar surface area (TPSA) is 12.0 Å². The standard InChI is InChI=1S/C16H17F2NS/c1-10(19-14-8-12(17)7-13(18)9-14)16-6-11-4-2-3-5-15(11)20-16/h6-10,19H,2-5H2,1H3. The third-order valence-corrected chi connectivity index (χ3v) is 5.11. The van der Waals surface area contributed by atoms with Crippen LogP contribution in [-0.4, -0.2) is 0 Å². The van der Waals surface area contributed by atoms with Crippen LogP contribution in [0.15, 0.2) is 24.3 Å². The van der Waals surface area contributed by atoms with Gasteiger partial charge < -0.3 is 5.32 Å². The first-order valence-electron chi connectivity index (χ1n) is 6.96. The van der Waals surface area contributed by atoms with E-state index < -0.39 is 11.6 Å². The molecule has 4 heteroatoms. The fourth-order valence-electron chi connectivity index (χ4n) is 2.69. The summed E-state index contributed by atoms with van der Waals surface area (Å²) in [4.78, 5) is 2.71. The lowest BCUT2D eigenvalue weighted by atomic mass is 9.99. The first kappa shape index (κ1) is 13.6. The second kappa shape index (κ2) is 5.52. The van der Waals surface area contributed by atoms with Gasteiger partial charge in [0.15, 0.2) is 0 Å². The number of halogens is 2. The maximum atomic E-state index is 13.2. The molecular weight excluding hydrogens is 276 g/mol. The van der Waals surface area contributed by atoms with Gasteiger partial charge in [-0.2, -0.15) is 0 Å². The number of anilines is 1. The molecule has 1 unspecified atom stereocenters. The van der Waals surface area contributed by atoms with Gasteiger partial charge in [-0.3, -0.25) is 0 Å². The Hall–Kier alpha value is -1.42. The van der Waals surface area contributed by atoms with Crippen molar-refractivity contribution in [3.8, 4) is 0 Å². The molecule has 1 aliphatic carbocycles. The number of nitrogens with one attached hydrogen (secondary N) is 1. The normalized spacial score (nSPS) is 15.8. The summed E-state index contributed by atoms with van der Waals surface area (Å²) >= 11 is 1.82. The molecule has 0 saturated carbocycles. The minimum Gasteiger partial charge on any atom is -0.378 e. The van der Waals surface area contributed by atoms with E-state index in [1.165, 1.54) is 46.7 Å². The fraction of sp³-hybridized carbons (Fsp3) is 0.375. The third-order valence-electron chi connectivity index (χ3n) is 3.69. The van der Waals surface area contributed by atoms with E-state index >= 15 is 0 Å². The van der Waals surface area contributed by atoms with Crippen LogP contribution >= 0.6 is 11.3 Å². The Labute approximate surface area is 121 Å². The lowest BCUT2D eigenvalue weighted by Gasteiger charge is -2.13. The van der Waals surface area contributed by atoms with Crippen LogP contribution in [-0.2, 0) is 12.8 Å². The smallest absolute Gasteiger partial charge is 0.128 e. The molecule has 3 rings (SSSR count). The molecule has 0 bridgehead atoms. The van der Waals surface area contributed by atoms with E-state index in [1.54, 1.807) is 0 Å². The number of hydrogen-bond acceptors (Lipinski definition) is 2. The molecule has 1 nitrogen and oxygen atoms in total. The zero-order chi connectivity index (χ0) is 14.1. The van der Waals surface area contributed by atoms with Crippen molar-refractivity contribution in [2.45, 2.75) is 38.6 Å². The minimum atomic E-state index is -0.551. The predicted molar refractivity (Wildman–Crippen MR) is 79.4 cm³/mol. The van der Waals surface area contributed by atoms with Crippen LogP contribution in [0.1, 0.15) is 41.1 Å². The average molecular weight is 293 g/mol. The summed E-state index contributed by atoms with van der Waals surface area (Å²) in [6, 6.07) is 5.85. The third kappa shape index (κ3) is 2.85. The van der Waals surface area contributed by atoms with Crippen molar-refractivity contribution >= 4 is 17.0 Å². The average Bonchev–Trinajstić information content (AvgIpc) is 2.81. The van der Waals surface area contributed by atoms with Gasteiger partial charge in [0.05, 0.1) is 6.04 Å². The summed E-state index contributed by atoms with van der Waals surface area (Å²) < 4.78 is 26.4. The molecule has 1 aromatic heterocycles. The highest BCUT2D eigenvalue weighted by Gasteiger charge is 2.16. The second-order valence-corrected chi connectivity index (χ2v) is 6.50. The van der Waals surface area contributed by atoms with Crippen LogP contribution in [0, 0.1) is 11.6 Å². The van der Waals surface area contributed by atoms with Crippen LogP contribution < -0.4 is 5.32 Å².